The molecule has 0 saturated carbocycles. The van der Waals surface area contributed by atoms with E-state index < -0.39 is 0 Å². The SMILES string of the molecule is COC(=O)c1cc(C#CCCBr)cs1. The maximum absolute atomic E-state index is 11.1. The van der Waals surface area contributed by atoms with Gasteiger partial charge in [-0.15, -0.1) is 11.3 Å². The normalized spacial score (nSPS) is 9.00. The molecule has 1 rings (SSSR count). The highest BCUT2D eigenvalue weighted by atomic mass is 79.9. The minimum Gasteiger partial charge on any atom is -0.465 e. The van der Waals surface area contributed by atoms with Gasteiger partial charge >= 0.3 is 5.97 Å². The van der Waals surface area contributed by atoms with Gasteiger partial charge in [0.15, 0.2) is 0 Å². The predicted molar refractivity (Wildman–Crippen MR) is 60.9 cm³/mol. The molecule has 2 nitrogen and oxygen atoms in total. The Morgan fingerprint density at radius 1 is 1.71 bits per heavy atom. The smallest absolute Gasteiger partial charge is 0.348 e. The second kappa shape index (κ2) is 5.84. The Labute approximate surface area is 95.4 Å². The van der Waals surface area contributed by atoms with Crippen LogP contribution in [0.1, 0.15) is 21.7 Å². The molecule has 0 aliphatic heterocycles. The highest BCUT2D eigenvalue weighted by Crippen LogP contribution is 2.14. The first-order chi connectivity index (χ1) is 6.77. The molecule has 0 atom stereocenters. The fraction of sp³-hybridized carbons (Fsp3) is 0.300. The molecule has 0 radical (unpaired) electrons. The van der Waals surface area contributed by atoms with Crippen LogP contribution in [0.5, 0.6) is 0 Å². The van der Waals surface area contributed by atoms with Gasteiger partial charge in [-0.2, -0.15) is 0 Å². The highest BCUT2D eigenvalue weighted by molar-refractivity contribution is 9.09. The molecule has 0 fully saturated rings. The van der Waals surface area contributed by atoms with Gasteiger partial charge in [0.05, 0.1) is 7.11 Å². The molecule has 0 N–H and O–H groups in total. The lowest BCUT2D eigenvalue weighted by Crippen LogP contribution is -1.96. The Morgan fingerprint density at radius 3 is 3.14 bits per heavy atom. The lowest BCUT2D eigenvalue weighted by atomic mass is 10.3. The van der Waals surface area contributed by atoms with Crippen molar-refractivity contribution in [3.05, 3.63) is 21.9 Å². The Balaban J connectivity index is 2.70. The first kappa shape index (κ1) is 11.3. The number of hydrogen-bond acceptors (Lipinski definition) is 3. The third kappa shape index (κ3) is 3.17. The van der Waals surface area contributed by atoms with Crippen LogP contribution in [-0.2, 0) is 4.74 Å². The van der Waals surface area contributed by atoms with Crippen molar-refractivity contribution in [3.8, 4) is 11.8 Å². The summed E-state index contributed by atoms with van der Waals surface area (Å²) in [6.07, 6.45) is 0.809. The summed E-state index contributed by atoms with van der Waals surface area (Å²) in [7, 11) is 1.37. The summed E-state index contributed by atoms with van der Waals surface area (Å²) in [6, 6.07) is 1.75. The molecular formula is C10H9BrO2S. The zero-order valence-corrected chi connectivity index (χ0v) is 10.1. The molecule has 0 bridgehead atoms. The second-order valence-corrected chi connectivity index (χ2v) is 4.14. The van der Waals surface area contributed by atoms with E-state index in [-0.39, 0.29) is 5.97 Å². The summed E-state index contributed by atoms with van der Waals surface area (Å²) in [5, 5.41) is 2.72. The summed E-state index contributed by atoms with van der Waals surface area (Å²) >= 11 is 4.64. The molecule has 14 heavy (non-hydrogen) atoms. The molecule has 0 unspecified atom stereocenters. The lowest BCUT2D eigenvalue weighted by molar-refractivity contribution is 0.0606. The molecule has 0 spiro atoms. The fourth-order valence-electron chi connectivity index (χ4n) is 0.821. The monoisotopic (exact) mass is 272 g/mol. The van der Waals surface area contributed by atoms with E-state index in [0.29, 0.717) is 4.88 Å². The van der Waals surface area contributed by atoms with Gasteiger partial charge in [0.25, 0.3) is 0 Å². The lowest BCUT2D eigenvalue weighted by Gasteiger charge is -1.90. The molecule has 0 aromatic carbocycles. The number of carbonyl (C=O) groups excluding carboxylic acids is 1. The van der Waals surface area contributed by atoms with Gasteiger partial charge in [-0.05, 0) is 6.07 Å². The van der Waals surface area contributed by atoms with Crippen LogP contribution < -0.4 is 0 Å². The van der Waals surface area contributed by atoms with Crippen LogP contribution in [0.4, 0.5) is 0 Å². The molecule has 1 aromatic heterocycles. The van der Waals surface area contributed by atoms with E-state index in [9.17, 15) is 4.79 Å². The van der Waals surface area contributed by atoms with Gasteiger partial charge in [-0.1, -0.05) is 27.8 Å². The average Bonchev–Trinajstić information content (AvgIpc) is 2.66. The molecule has 0 aliphatic rings. The minimum atomic E-state index is -0.302. The average molecular weight is 273 g/mol. The number of methoxy groups -OCH3 is 1. The number of rotatable bonds is 2. The summed E-state index contributed by atoms with van der Waals surface area (Å²) in [4.78, 5) is 11.7. The molecule has 0 amide bonds. The van der Waals surface area contributed by atoms with Crippen molar-refractivity contribution >= 4 is 33.2 Å². The summed E-state index contributed by atoms with van der Waals surface area (Å²) in [6.45, 7) is 0. The summed E-state index contributed by atoms with van der Waals surface area (Å²) in [5.74, 6) is 5.64. The molecule has 4 heteroatoms. The van der Waals surface area contributed by atoms with Crippen LogP contribution in [0.2, 0.25) is 0 Å². The third-order valence-electron chi connectivity index (χ3n) is 1.44. The number of halogens is 1. The van der Waals surface area contributed by atoms with Gasteiger partial charge < -0.3 is 4.74 Å². The van der Waals surface area contributed by atoms with Crippen molar-refractivity contribution in [2.45, 2.75) is 6.42 Å². The van der Waals surface area contributed by atoms with Crippen LogP contribution in [0, 0.1) is 11.8 Å². The van der Waals surface area contributed by atoms with E-state index in [4.69, 9.17) is 0 Å². The van der Waals surface area contributed by atoms with Gasteiger partial charge in [0.1, 0.15) is 4.88 Å². The summed E-state index contributed by atoms with van der Waals surface area (Å²) < 4.78 is 4.59. The zero-order valence-electron chi connectivity index (χ0n) is 7.67. The van der Waals surface area contributed by atoms with Gasteiger partial charge in [-0.3, -0.25) is 0 Å². The second-order valence-electron chi connectivity index (χ2n) is 2.43. The van der Waals surface area contributed by atoms with E-state index in [2.05, 4.69) is 32.5 Å². The van der Waals surface area contributed by atoms with Crippen molar-refractivity contribution < 1.29 is 9.53 Å². The Bertz CT molecular complexity index is 373. The number of ether oxygens (including phenoxy) is 1. The fourth-order valence-corrected chi connectivity index (χ4v) is 1.77. The van der Waals surface area contributed by atoms with E-state index in [0.717, 1.165) is 17.3 Å². The van der Waals surface area contributed by atoms with E-state index in [1.54, 1.807) is 6.07 Å². The zero-order chi connectivity index (χ0) is 10.4. The van der Waals surface area contributed by atoms with Gasteiger partial charge in [0, 0.05) is 22.7 Å². The van der Waals surface area contributed by atoms with E-state index >= 15 is 0 Å². The van der Waals surface area contributed by atoms with Crippen LogP contribution in [0.3, 0.4) is 0 Å². The maximum Gasteiger partial charge on any atom is 0.348 e. The first-order valence-corrected chi connectivity index (χ1v) is 5.99. The Morgan fingerprint density at radius 2 is 2.50 bits per heavy atom. The van der Waals surface area contributed by atoms with Gasteiger partial charge in [-0.25, -0.2) is 4.79 Å². The third-order valence-corrected chi connectivity index (χ3v) is 2.74. The first-order valence-electron chi connectivity index (χ1n) is 3.99. The molecule has 74 valence electrons. The van der Waals surface area contributed by atoms with Crippen LogP contribution in [0.15, 0.2) is 11.4 Å². The quantitative estimate of drug-likeness (QED) is 0.470. The van der Waals surface area contributed by atoms with E-state index in [1.165, 1.54) is 18.4 Å². The Kier molecular flexibility index (Phi) is 4.71. The van der Waals surface area contributed by atoms with Crippen molar-refractivity contribution in [1.29, 1.82) is 0 Å². The molecule has 1 aromatic rings. The van der Waals surface area contributed by atoms with Crippen LogP contribution >= 0.6 is 27.3 Å². The minimum absolute atomic E-state index is 0.302. The van der Waals surface area contributed by atoms with E-state index in [1.807, 2.05) is 5.38 Å². The van der Waals surface area contributed by atoms with Crippen molar-refractivity contribution in [2.75, 3.05) is 12.4 Å². The number of thiophene rings is 1. The van der Waals surface area contributed by atoms with Crippen molar-refractivity contribution in [3.63, 3.8) is 0 Å². The van der Waals surface area contributed by atoms with Crippen molar-refractivity contribution in [2.24, 2.45) is 0 Å². The molecule has 0 saturated heterocycles. The number of esters is 1. The maximum atomic E-state index is 11.1. The largest absolute Gasteiger partial charge is 0.465 e. The van der Waals surface area contributed by atoms with Crippen LogP contribution in [-0.4, -0.2) is 18.4 Å². The summed E-state index contributed by atoms with van der Waals surface area (Å²) in [5.41, 5.74) is 0.872. The highest BCUT2D eigenvalue weighted by Gasteiger charge is 2.07. The predicted octanol–water partition coefficient (Wildman–Crippen LogP) is 2.67. The Hall–Kier alpha value is -0.790. The van der Waals surface area contributed by atoms with Crippen LogP contribution in [0.25, 0.3) is 0 Å². The molecule has 0 aliphatic carbocycles. The number of alkyl halides is 1. The number of hydrogen-bond donors (Lipinski definition) is 0. The standard InChI is InChI=1S/C10H9BrO2S/c1-13-10(12)9-6-8(7-14-9)4-2-3-5-11/h6-7H,3,5H2,1H3. The molecular weight excluding hydrogens is 264 g/mol. The molecule has 1 heterocycles. The van der Waals surface area contributed by atoms with Gasteiger partial charge in [0.2, 0.25) is 0 Å². The number of carbonyl (C=O) groups is 1. The topological polar surface area (TPSA) is 26.3 Å². The van der Waals surface area contributed by atoms with Crippen molar-refractivity contribution in [1.82, 2.24) is 0 Å².